The summed E-state index contributed by atoms with van der Waals surface area (Å²) < 4.78 is 0. The topological polar surface area (TPSA) is 20.3 Å². The molecule has 2 nitrogen and oxygen atoms in total. The maximum atomic E-state index is 12.3. The number of hydrogen-bond donors (Lipinski definition) is 0. The zero-order valence-electron chi connectivity index (χ0n) is 10.7. The van der Waals surface area contributed by atoms with E-state index in [1.807, 2.05) is 43.0 Å². The van der Waals surface area contributed by atoms with Crippen molar-refractivity contribution in [2.24, 2.45) is 0 Å². The Morgan fingerprint density at radius 2 is 2.12 bits per heavy atom. The molecule has 3 heteroatoms. The van der Waals surface area contributed by atoms with E-state index in [0.717, 1.165) is 24.1 Å². The highest BCUT2D eigenvalue weighted by atomic mass is 35.5. The second-order valence-corrected chi connectivity index (χ2v) is 4.69. The van der Waals surface area contributed by atoms with E-state index in [1.165, 1.54) is 0 Å². The van der Waals surface area contributed by atoms with Gasteiger partial charge in [-0.25, -0.2) is 0 Å². The Kier molecular flexibility index (Phi) is 5.49. The molecule has 1 aromatic rings. The summed E-state index contributed by atoms with van der Waals surface area (Å²) in [5.74, 6) is 0.533. The average molecular weight is 254 g/mol. The van der Waals surface area contributed by atoms with Gasteiger partial charge in [-0.1, -0.05) is 19.1 Å². The van der Waals surface area contributed by atoms with E-state index >= 15 is 0 Å². The summed E-state index contributed by atoms with van der Waals surface area (Å²) in [4.78, 5) is 14.2. The Morgan fingerprint density at radius 1 is 1.41 bits per heavy atom. The Hall–Kier alpha value is -1.02. The quantitative estimate of drug-likeness (QED) is 0.733. The van der Waals surface area contributed by atoms with Crippen molar-refractivity contribution in [3.05, 3.63) is 35.4 Å². The number of benzene rings is 1. The molecule has 0 atom stereocenters. The minimum absolute atomic E-state index is 0.0915. The highest BCUT2D eigenvalue weighted by Crippen LogP contribution is 2.12. The Bertz CT molecular complexity index is 376. The molecular formula is C14H20ClNO. The molecule has 1 amide bonds. The molecule has 1 aromatic carbocycles. The zero-order chi connectivity index (χ0) is 12.8. The summed E-state index contributed by atoms with van der Waals surface area (Å²) in [5.41, 5.74) is 1.71. The van der Waals surface area contributed by atoms with Crippen molar-refractivity contribution in [2.45, 2.75) is 39.1 Å². The number of rotatable bonds is 5. The monoisotopic (exact) mass is 253 g/mol. The van der Waals surface area contributed by atoms with Crippen LogP contribution in [0.2, 0.25) is 0 Å². The number of carbonyl (C=O) groups excluding carboxylic acids is 1. The third kappa shape index (κ3) is 3.74. The molecule has 0 unspecified atom stereocenters. The maximum absolute atomic E-state index is 12.3. The van der Waals surface area contributed by atoms with E-state index in [1.54, 1.807) is 0 Å². The van der Waals surface area contributed by atoms with Crippen LogP contribution in [0.3, 0.4) is 0 Å². The molecule has 0 N–H and O–H groups in total. The summed E-state index contributed by atoms with van der Waals surface area (Å²) in [5, 5.41) is 0. The predicted octanol–water partition coefficient (Wildman–Crippen LogP) is 3.69. The van der Waals surface area contributed by atoms with Crippen molar-refractivity contribution in [1.82, 2.24) is 4.90 Å². The van der Waals surface area contributed by atoms with Crippen LogP contribution < -0.4 is 0 Å². The predicted molar refractivity (Wildman–Crippen MR) is 72.5 cm³/mol. The highest BCUT2D eigenvalue weighted by Gasteiger charge is 2.17. The second kappa shape index (κ2) is 6.65. The van der Waals surface area contributed by atoms with Crippen LogP contribution in [0.4, 0.5) is 0 Å². The standard InChI is InChI=1S/C14H20ClNO/c1-4-8-16(11(2)3)14(17)13-7-5-6-12(9-13)10-15/h5-7,9,11H,4,8,10H2,1-3H3. The number of halogens is 1. The van der Waals surface area contributed by atoms with Crippen molar-refractivity contribution in [1.29, 1.82) is 0 Å². The Morgan fingerprint density at radius 3 is 2.65 bits per heavy atom. The fourth-order valence-corrected chi connectivity index (χ4v) is 1.95. The van der Waals surface area contributed by atoms with Crippen LogP contribution in [0.1, 0.15) is 43.1 Å². The fourth-order valence-electron chi connectivity index (χ4n) is 1.79. The number of carbonyl (C=O) groups is 1. The molecule has 17 heavy (non-hydrogen) atoms. The van der Waals surface area contributed by atoms with E-state index < -0.39 is 0 Å². The van der Waals surface area contributed by atoms with Crippen molar-refractivity contribution in [3.63, 3.8) is 0 Å². The van der Waals surface area contributed by atoms with Gasteiger partial charge in [0.25, 0.3) is 5.91 Å². The number of amides is 1. The van der Waals surface area contributed by atoms with Gasteiger partial charge in [-0.05, 0) is 38.0 Å². The lowest BCUT2D eigenvalue weighted by Crippen LogP contribution is -2.37. The molecule has 0 aliphatic heterocycles. The highest BCUT2D eigenvalue weighted by molar-refractivity contribution is 6.17. The van der Waals surface area contributed by atoms with E-state index in [9.17, 15) is 4.79 Å². The van der Waals surface area contributed by atoms with E-state index in [-0.39, 0.29) is 11.9 Å². The van der Waals surface area contributed by atoms with Gasteiger partial charge in [0.2, 0.25) is 0 Å². The van der Waals surface area contributed by atoms with Gasteiger partial charge in [0.1, 0.15) is 0 Å². The summed E-state index contributed by atoms with van der Waals surface area (Å²) in [6.07, 6.45) is 0.971. The average Bonchev–Trinajstić information content (AvgIpc) is 2.34. The molecule has 0 aliphatic rings. The first-order valence-electron chi connectivity index (χ1n) is 6.06. The van der Waals surface area contributed by atoms with Crippen LogP contribution in [0, 0.1) is 0 Å². The second-order valence-electron chi connectivity index (χ2n) is 4.43. The van der Waals surface area contributed by atoms with Crippen LogP contribution in [0.5, 0.6) is 0 Å². The van der Waals surface area contributed by atoms with Gasteiger partial charge < -0.3 is 4.90 Å². The first-order chi connectivity index (χ1) is 8.10. The van der Waals surface area contributed by atoms with Crippen molar-refractivity contribution < 1.29 is 4.79 Å². The van der Waals surface area contributed by atoms with Crippen LogP contribution >= 0.6 is 11.6 Å². The van der Waals surface area contributed by atoms with Crippen molar-refractivity contribution >= 4 is 17.5 Å². The Labute approximate surface area is 109 Å². The smallest absolute Gasteiger partial charge is 0.254 e. The normalized spacial score (nSPS) is 10.6. The molecule has 0 spiro atoms. The summed E-state index contributed by atoms with van der Waals surface area (Å²) >= 11 is 5.78. The van der Waals surface area contributed by atoms with E-state index in [0.29, 0.717) is 5.88 Å². The number of hydrogen-bond acceptors (Lipinski definition) is 1. The number of alkyl halides is 1. The fraction of sp³-hybridized carbons (Fsp3) is 0.500. The van der Waals surface area contributed by atoms with Crippen LogP contribution in [0.25, 0.3) is 0 Å². The lowest BCUT2D eigenvalue weighted by Gasteiger charge is -2.26. The molecule has 0 bridgehead atoms. The van der Waals surface area contributed by atoms with Crippen LogP contribution in [-0.4, -0.2) is 23.4 Å². The third-order valence-electron chi connectivity index (χ3n) is 2.68. The van der Waals surface area contributed by atoms with Gasteiger partial charge in [-0.2, -0.15) is 0 Å². The maximum Gasteiger partial charge on any atom is 0.254 e. The van der Waals surface area contributed by atoms with E-state index in [4.69, 9.17) is 11.6 Å². The van der Waals surface area contributed by atoms with Gasteiger partial charge >= 0.3 is 0 Å². The molecule has 0 aliphatic carbocycles. The van der Waals surface area contributed by atoms with Gasteiger partial charge in [0.05, 0.1) is 0 Å². The number of nitrogens with zero attached hydrogens (tertiary/aromatic N) is 1. The molecule has 0 radical (unpaired) electrons. The summed E-state index contributed by atoms with van der Waals surface area (Å²) in [7, 11) is 0. The molecule has 0 saturated carbocycles. The van der Waals surface area contributed by atoms with Crippen LogP contribution in [-0.2, 0) is 5.88 Å². The third-order valence-corrected chi connectivity index (χ3v) is 2.99. The molecule has 94 valence electrons. The van der Waals surface area contributed by atoms with Crippen LogP contribution in [0.15, 0.2) is 24.3 Å². The molecule has 0 aromatic heterocycles. The summed E-state index contributed by atoms with van der Waals surface area (Å²) in [6, 6.07) is 7.77. The van der Waals surface area contributed by atoms with Crippen molar-refractivity contribution in [2.75, 3.05) is 6.54 Å². The first-order valence-corrected chi connectivity index (χ1v) is 6.59. The van der Waals surface area contributed by atoms with E-state index in [2.05, 4.69) is 6.92 Å². The lowest BCUT2D eigenvalue weighted by molar-refractivity contribution is 0.0706. The lowest BCUT2D eigenvalue weighted by atomic mass is 10.1. The minimum atomic E-state index is 0.0915. The minimum Gasteiger partial charge on any atom is -0.336 e. The molecule has 0 fully saturated rings. The molecule has 1 rings (SSSR count). The van der Waals surface area contributed by atoms with Gasteiger partial charge in [-0.3, -0.25) is 4.79 Å². The zero-order valence-corrected chi connectivity index (χ0v) is 11.5. The van der Waals surface area contributed by atoms with Gasteiger partial charge in [0.15, 0.2) is 0 Å². The molecular weight excluding hydrogens is 234 g/mol. The SMILES string of the molecule is CCCN(C(=O)c1cccc(CCl)c1)C(C)C. The largest absolute Gasteiger partial charge is 0.336 e. The first kappa shape index (κ1) is 14.0. The van der Waals surface area contributed by atoms with Gasteiger partial charge in [0, 0.05) is 24.0 Å². The van der Waals surface area contributed by atoms with Crippen molar-refractivity contribution in [3.8, 4) is 0 Å². The molecule has 0 heterocycles. The summed E-state index contributed by atoms with van der Waals surface area (Å²) in [6.45, 7) is 6.96. The van der Waals surface area contributed by atoms with Gasteiger partial charge in [-0.15, -0.1) is 11.6 Å². The Balaban J connectivity index is 2.92. The molecule has 0 saturated heterocycles.